The maximum absolute atomic E-state index is 12.1. The second kappa shape index (κ2) is 8.79. The number of amides is 2. The Hall–Kier alpha value is -2.51. The van der Waals surface area contributed by atoms with Crippen LogP contribution in [0.2, 0.25) is 5.02 Å². The molecule has 3 aromatic rings. The summed E-state index contributed by atoms with van der Waals surface area (Å²) in [5, 5.41) is 0.630. The third-order valence-corrected chi connectivity index (χ3v) is 7.50. The lowest BCUT2D eigenvalue weighted by Gasteiger charge is -2.25. The third-order valence-electron chi connectivity index (χ3n) is 6.16. The number of hydrogen-bond donors (Lipinski definition) is 0. The van der Waals surface area contributed by atoms with Crippen molar-refractivity contribution in [3.63, 3.8) is 0 Å². The lowest BCUT2D eigenvalue weighted by Crippen LogP contribution is -2.27. The van der Waals surface area contributed by atoms with E-state index in [-0.39, 0.29) is 24.5 Å². The molecule has 2 aromatic heterocycles. The Balaban J connectivity index is 1.55. The van der Waals surface area contributed by atoms with Crippen LogP contribution in [0, 0.1) is 6.92 Å². The average molecular weight is 470 g/mol. The van der Waals surface area contributed by atoms with E-state index in [4.69, 9.17) is 16.3 Å². The fraction of sp³-hybridized carbons (Fsp3) is 0.417. The van der Waals surface area contributed by atoms with E-state index < -0.39 is 0 Å². The number of carbonyl (C=O) groups is 2. The molecule has 1 aliphatic carbocycles. The van der Waals surface area contributed by atoms with Crippen LogP contribution in [0.5, 0.6) is 5.75 Å². The van der Waals surface area contributed by atoms with Gasteiger partial charge >= 0.3 is 0 Å². The van der Waals surface area contributed by atoms with Gasteiger partial charge in [0, 0.05) is 28.3 Å². The van der Waals surface area contributed by atoms with Gasteiger partial charge in [-0.15, -0.1) is 11.3 Å². The summed E-state index contributed by atoms with van der Waals surface area (Å²) in [6.45, 7) is 2.29. The first-order valence-electron chi connectivity index (χ1n) is 11.0. The van der Waals surface area contributed by atoms with Crippen LogP contribution >= 0.6 is 22.9 Å². The SMILES string of the molecule is Cc1cc(Cl)cc(-c2ncnc3cc(CN4C(=O)CCC4=O)sc23)c1OC1CCCCC1. The highest BCUT2D eigenvalue weighted by molar-refractivity contribution is 7.19. The molecule has 1 saturated heterocycles. The molecule has 6 nitrogen and oxygen atoms in total. The number of fused-ring (bicyclic) bond motifs is 1. The van der Waals surface area contributed by atoms with E-state index >= 15 is 0 Å². The number of imide groups is 1. The Morgan fingerprint density at radius 2 is 1.84 bits per heavy atom. The van der Waals surface area contributed by atoms with Gasteiger partial charge in [0.25, 0.3) is 0 Å². The standard InChI is InChI=1S/C24H24ClN3O3S/c1-14-9-15(25)10-18(23(14)31-16-5-3-2-4-6-16)22-24-19(26-13-27-22)11-17(32-24)12-28-20(29)7-8-21(28)30/h9-11,13,16H,2-8,12H2,1H3. The molecule has 1 aliphatic heterocycles. The molecule has 1 aromatic carbocycles. The molecule has 0 atom stereocenters. The number of thiophene rings is 1. The predicted molar refractivity (Wildman–Crippen MR) is 125 cm³/mol. The summed E-state index contributed by atoms with van der Waals surface area (Å²) in [4.78, 5) is 35.4. The van der Waals surface area contributed by atoms with Gasteiger partial charge in [-0.2, -0.15) is 0 Å². The molecule has 2 amide bonds. The van der Waals surface area contributed by atoms with Crippen LogP contribution in [0.1, 0.15) is 55.4 Å². The molecule has 0 spiro atoms. The summed E-state index contributed by atoms with van der Waals surface area (Å²) >= 11 is 7.95. The van der Waals surface area contributed by atoms with Crippen molar-refractivity contribution < 1.29 is 14.3 Å². The molecule has 0 unspecified atom stereocenters. The average Bonchev–Trinajstić information content (AvgIpc) is 3.34. The van der Waals surface area contributed by atoms with Crippen LogP contribution in [0.25, 0.3) is 21.5 Å². The Labute approximate surface area is 195 Å². The third kappa shape index (κ3) is 4.11. The zero-order chi connectivity index (χ0) is 22.2. The lowest BCUT2D eigenvalue weighted by atomic mass is 9.97. The smallest absolute Gasteiger partial charge is 0.230 e. The van der Waals surface area contributed by atoms with Gasteiger partial charge in [0.05, 0.1) is 28.6 Å². The monoisotopic (exact) mass is 469 g/mol. The topological polar surface area (TPSA) is 72.4 Å². The molecule has 0 radical (unpaired) electrons. The Bertz CT molecular complexity index is 1190. The summed E-state index contributed by atoms with van der Waals surface area (Å²) in [7, 11) is 0. The minimum atomic E-state index is -0.118. The molecule has 2 fully saturated rings. The summed E-state index contributed by atoms with van der Waals surface area (Å²) in [6, 6.07) is 5.76. The number of hydrogen-bond acceptors (Lipinski definition) is 6. The highest BCUT2D eigenvalue weighted by Gasteiger charge is 2.29. The Morgan fingerprint density at radius 3 is 2.59 bits per heavy atom. The molecule has 0 N–H and O–H groups in total. The zero-order valence-electron chi connectivity index (χ0n) is 17.9. The molecule has 166 valence electrons. The second-order valence-electron chi connectivity index (χ2n) is 8.50. The Morgan fingerprint density at radius 1 is 1.09 bits per heavy atom. The predicted octanol–water partition coefficient (Wildman–Crippen LogP) is 5.68. The number of benzene rings is 1. The van der Waals surface area contributed by atoms with Gasteiger partial charge in [-0.1, -0.05) is 18.0 Å². The van der Waals surface area contributed by atoms with Crippen LogP contribution in [-0.4, -0.2) is 32.8 Å². The van der Waals surface area contributed by atoms with Crippen LogP contribution in [0.15, 0.2) is 24.5 Å². The second-order valence-corrected chi connectivity index (χ2v) is 10.1. The molecule has 32 heavy (non-hydrogen) atoms. The van der Waals surface area contributed by atoms with E-state index in [0.29, 0.717) is 17.9 Å². The van der Waals surface area contributed by atoms with Crippen molar-refractivity contribution in [3.8, 4) is 17.0 Å². The molecule has 3 heterocycles. The molecule has 5 rings (SSSR count). The van der Waals surface area contributed by atoms with Crippen LogP contribution in [0.4, 0.5) is 0 Å². The van der Waals surface area contributed by atoms with Gasteiger partial charge in [-0.05, 0) is 56.4 Å². The number of aryl methyl sites for hydroxylation is 1. The van der Waals surface area contributed by atoms with Crippen molar-refractivity contribution in [3.05, 3.63) is 40.0 Å². The van der Waals surface area contributed by atoms with Crippen molar-refractivity contribution in [2.75, 3.05) is 0 Å². The molecule has 2 aliphatic rings. The van der Waals surface area contributed by atoms with Crippen molar-refractivity contribution in [1.29, 1.82) is 0 Å². The van der Waals surface area contributed by atoms with Crippen molar-refractivity contribution in [2.45, 2.75) is 64.5 Å². The number of likely N-dealkylation sites (tertiary alicyclic amines) is 1. The highest BCUT2D eigenvalue weighted by Crippen LogP contribution is 2.41. The number of aromatic nitrogens is 2. The first kappa shape index (κ1) is 21.3. The van der Waals surface area contributed by atoms with E-state index in [1.165, 1.54) is 35.5 Å². The molecule has 1 saturated carbocycles. The molecular weight excluding hydrogens is 446 g/mol. The van der Waals surface area contributed by atoms with Crippen LogP contribution < -0.4 is 4.74 Å². The van der Waals surface area contributed by atoms with Crippen LogP contribution in [0.3, 0.4) is 0 Å². The van der Waals surface area contributed by atoms with Gasteiger partial charge < -0.3 is 4.74 Å². The minimum Gasteiger partial charge on any atom is -0.489 e. The zero-order valence-corrected chi connectivity index (χ0v) is 19.5. The van der Waals surface area contributed by atoms with Gasteiger partial charge in [-0.3, -0.25) is 14.5 Å². The van der Waals surface area contributed by atoms with Gasteiger partial charge in [-0.25, -0.2) is 9.97 Å². The minimum absolute atomic E-state index is 0.118. The van der Waals surface area contributed by atoms with Crippen LogP contribution in [-0.2, 0) is 16.1 Å². The van der Waals surface area contributed by atoms with Gasteiger partial charge in [0.2, 0.25) is 11.8 Å². The number of halogens is 1. The summed E-state index contributed by atoms with van der Waals surface area (Å²) in [6.07, 6.45) is 8.07. The van der Waals surface area contributed by atoms with E-state index in [2.05, 4.69) is 9.97 Å². The fourth-order valence-corrected chi connectivity index (χ4v) is 5.92. The quantitative estimate of drug-likeness (QED) is 0.449. The van der Waals surface area contributed by atoms with Crippen molar-refractivity contribution in [1.82, 2.24) is 14.9 Å². The maximum Gasteiger partial charge on any atom is 0.230 e. The first-order valence-corrected chi connectivity index (χ1v) is 12.2. The lowest BCUT2D eigenvalue weighted by molar-refractivity contribution is -0.138. The van der Waals surface area contributed by atoms with E-state index in [0.717, 1.165) is 50.5 Å². The number of ether oxygens (including phenoxy) is 1. The molecule has 0 bridgehead atoms. The van der Waals surface area contributed by atoms with Crippen molar-refractivity contribution in [2.24, 2.45) is 0 Å². The molecule has 8 heteroatoms. The first-order chi connectivity index (χ1) is 15.5. The normalized spacial score (nSPS) is 17.5. The number of nitrogens with zero attached hydrogens (tertiary/aromatic N) is 3. The van der Waals surface area contributed by atoms with E-state index in [1.54, 1.807) is 6.33 Å². The van der Waals surface area contributed by atoms with Gasteiger partial charge in [0.1, 0.15) is 12.1 Å². The number of carbonyl (C=O) groups excluding carboxylic acids is 2. The summed E-state index contributed by atoms with van der Waals surface area (Å²) in [5.41, 5.74) is 3.39. The largest absolute Gasteiger partial charge is 0.489 e. The maximum atomic E-state index is 12.1. The van der Waals surface area contributed by atoms with E-state index in [9.17, 15) is 9.59 Å². The summed E-state index contributed by atoms with van der Waals surface area (Å²) in [5.74, 6) is 0.584. The van der Waals surface area contributed by atoms with E-state index in [1.807, 2.05) is 25.1 Å². The Kier molecular flexibility index (Phi) is 5.86. The van der Waals surface area contributed by atoms with Gasteiger partial charge in [0.15, 0.2) is 0 Å². The van der Waals surface area contributed by atoms with Crippen molar-refractivity contribution >= 4 is 45.0 Å². The highest BCUT2D eigenvalue weighted by atomic mass is 35.5. The fourth-order valence-electron chi connectivity index (χ4n) is 4.54. The summed E-state index contributed by atoms with van der Waals surface area (Å²) < 4.78 is 7.41. The molecular formula is C24H24ClN3O3S. The number of rotatable bonds is 5.